The van der Waals surface area contributed by atoms with E-state index in [4.69, 9.17) is 5.73 Å². The van der Waals surface area contributed by atoms with Gasteiger partial charge in [-0.25, -0.2) is 0 Å². The Morgan fingerprint density at radius 2 is 1.87 bits per heavy atom. The molecule has 1 aromatic rings. The number of carbonyl (C=O) groups is 1. The van der Waals surface area contributed by atoms with Crippen LogP contribution in [0, 0.1) is 17.8 Å². The lowest BCUT2D eigenvalue weighted by Gasteiger charge is -2.43. The quantitative estimate of drug-likeness (QED) is 0.809. The van der Waals surface area contributed by atoms with Crippen molar-refractivity contribution in [2.24, 2.45) is 23.5 Å². The van der Waals surface area contributed by atoms with Crippen LogP contribution in [0.3, 0.4) is 0 Å². The van der Waals surface area contributed by atoms with Gasteiger partial charge in [0.2, 0.25) is 5.91 Å². The van der Waals surface area contributed by atoms with E-state index in [1.165, 1.54) is 19.3 Å². The highest BCUT2D eigenvalue weighted by Gasteiger charge is 2.40. The largest absolute Gasteiger partial charge is 0.327 e. The maximum atomic E-state index is 12.8. The van der Waals surface area contributed by atoms with E-state index in [0.29, 0.717) is 23.1 Å². The topological polar surface area (TPSA) is 55.1 Å². The Morgan fingerprint density at radius 1 is 1.22 bits per heavy atom. The molecule has 2 bridgehead atoms. The standard InChI is InChI=1S/C19H28N2OS/c1-12(2)23-17-9-4-3-8-16(17)21-19(22)15-10-13-6-5-7-14(11-15)18(13)20/h3-4,8-9,12-15,18H,5-7,10-11,20H2,1-2H3,(H,21,22). The van der Waals surface area contributed by atoms with Crippen molar-refractivity contribution in [3.05, 3.63) is 24.3 Å². The van der Waals surface area contributed by atoms with Crippen molar-refractivity contribution in [1.82, 2.24) is 0 Å². The van der Waals surface area contributed by atoms with Gasteiger partial charge in [-0.15, -0.1) is 11.8 Å². The fourth-order valence-electron chi connectivity index (χ4n) is 4.16. The molecule has 2 unspecified atom stereocenters. The van der Waals surface area contributed by atoms with Crippen LogP contribution in [-0.2, 0) is 4.79 Å². The lowest BCUT2D eigenvalue weighted by molar-refractivity contribution is -0.122. The molecule has 3 nitrogen and oxygen atoms in total. The van der Waals surface area contributed by atoms with Gasteiger partial charge in [0.05, 0.1) is 5.69 Å². The van der Waals surface area contributed by atoms with E-state index in [1.807, 2.05) is 18.2 Å². The summed E-state index contributed by atoms with van der Waals surface area (Å²) in [5.41, 5.74) is 7.30. The number of amides is 1. The molecule has 0 aromatic heterocycles. The van der Waals surface area contributed by atoms with Crippen LogP contribution in [-0.4, -0.2) is 17.2 Å². The predicted molar refractivity (Wildman–Crippen MR) is 97.6 cm³/mol. The Balaban J connectivity index is 1.68. The molecular formula is C19H28N2OS. The van der Waals surface area contributed by atoms with E-state index >= 15 is 0 Å². The van der Waals surface area contributed by atoms with Crippen molar-refractivity contribution in [1.29, 1.82) is 0 Å². The van der Waals surface area contributed by atoms with Gasteiger partial charge in [-0.3, -0.25) is 4.79 Å². The fraction of sp³-hybridized carbons (Fsp3) is 0.632. The molecule has 0 radical (unpaired) electrons. The normalized spacial score (nSPS) is 30.3. The summed E-state index contributed by atoms with van der Waals surface area (Å²) in [6.07, 6.45) is 5.60. The number of nitrogens with one attached hydrogen (secondary N) is 1. The molecule has 4 heteroatoms. The minimum atomic E-state index is 0.127. The molecule has 1 aromatic carbocycles. The molecule has 0 aliphatic heterocycles. The Labute approximate surface area is 143 Å². The molecule has 3 N–H and O–H groups in total. The number of thioether (sulfide) groups is 1. The Bertz CT molecular complexity index is 546. The Hall–Kier alpha value is -1.00. The Morgan fingerprint density at radius 3 is 2.52 bits per heavy atom. The molecular weight excluding hydrogens is 304 g/mol. The third-order valence-corrected chi connectivity index (χ3v) is 6.37. The second-order valence-electron chi connectivity index (χ2n) is 7.35. The zero-order valence-corrected chi connectivity index (χ0v) is 14.9. The number of fused-ring (bicyclic) bond motifs is 2. The lowest BCUT2D eigenvalue weighted by atomic mass is 9.65. The SMILES string of the molecule is CC(C)Sc1ccccc1NC(=O)C1CC2CCCC(C1)C2N. The zero-order valence-electron chi connectivity index (χ0n) is 14.1. The van der Waals surface area contributed by atoms with Gasteiger partial charge in [0.25, 0.3) is 0 Å². The first kappa shape index (κ1) is 16.8. The van der Waals surface area contributed by atoms with E-state index < -0.39 is 0 Å². The molecule has 126 valence electrons. The van der Waals surface area contributed by atoms with Crippen LogP contribution < -0.4 is 11.1 Å². The smallest absolute Gasteiger partial charge is 0.227 e. The van der Waals surface area contributed by atoms with Crippen molar-refractivity contribution in [3.63, 3.8) is 0 Å². The fourth-order valence-corrected chi connectivity index (χ4v) is 5.08. The van der Waals surface area contributed by atoms with Crippen LogP contribution in [0.1, 0.15) is 46.0 Å². The number of benzene rings is 1. The van der Waals surface area contributed by atoms with Crippen LogP contribution in [0.4, 0.5) is 5.69 Å². The van der Waals surface area contributed by atoms with Crippen LogP contribution in [0.25, 0.3) is 0 Å². The van der Waals surface area contributed by atoms with Gasteiger partial charge in [-0.05, 0) is 49.7 Å². The average molecular weight is 333 g/mol. The van der Waals surface area contributed by atoms with Gasteiger partial charge >= 0.3 is 0 Å². The highest BCUT2D eigenvalue weighted by Crippen LogP contribution is 2.42. The van der Waals surface area contributed by atoms with E-state index in [2.05, 4.69) is 25.2 Å². The molecule has 2 aliphatic carbocycles. The summed E-state index contributed by atoms with van der Waals surface area (Å²) in [5, 5.41) is 3.69. The summed E-state index contributed by atoms with van der Waals surface area (Å²) in [7, 11) is 0. The minimum Gasteiger partial charge on any atom is -0.327 e. The first-order valence-electron chi connectivity index (χ1n) is 8.86. The van der Waals surface area contributed by atoms with Gasteiger partial charge in [0.1, 0.15) is 0 Å². The van der Waals surface area contributed by atoms with E-state index in [-0.39, 0.29) is 11.8 Å². The molecule has 2 fully saturated rings. The van der Waals surface area contributed by atoms with Crippen molar-refractivity contribution in [2.45, 2.75) is 62.1 Å². The summed E-state index contributed by atoms with van der Waals surface area (Å²) in [5.74, 6) is 1.39. The zero-order chi connectivity index (χ0) is 16.4. The average Bonchev–Trinajstić information content (AvgIpc) is 2.48. The highest BCUT2D eigenvalue weighted by atomic mass is 32.2. The second kappa shape index (κ2) is 7.27. The summed E-state index contributed by atoms with van der Waals surface area (Å²) in [6, 6.07) is 8.44. The third kappa shape index (κ3) is 3.92. The van der Waals surface area contributed by atoms with Gasteiger partial charge in [0, 0.05) is 22.1 Å². The van der Waals surface area contributed by atoms with Gasteiger partial charge < -0.3 is 11.1 Å². The number of hydrogen-bond donors (Lipinski definition) is 2. The summed E-state index contributed by atoms with van der Waals surface area (Å²) in [4.78, 5) is 13.9. The van der Waals surface area contributed by atoms with Crippen molar-refractivity contribution in [3.8, 4) is 0 Å². The summed E-state index contributed by atoms with van der Waals surface area (Å²) < 4.78 is 0. The summed E-state index contributed by atoms with van der Waals surface area (Å²) in [6.45, 7) is 4.35. The van der Waals surface area contributed by atoms with E-state index in [9.17, 15) is 4.79 Å². The number of rotatable bonds is 4. The maximum absolute atomic E-state index is 12.8. The van der Waals surface area contributed by atoms with Gasteiger partial charge in [-0.1, -0.05) is 32.4 Å². The molecule has 3 rings (SSSR count). The second-order valence-corrected chi connectivity index (χ2v) is 8.97. The number of para-hydroxylation sites is 1. The number of anilines is 1. The molecule has 2 saturated carbocycles. The van der Waals surface area contributed by atoms with Crippen molar-refractivity contribution >= 4 is 23.4 Å². The number of nitrogens with two attached hydrogens (primary N) is 1. The van der Waals surface area contributed by atoms with Crippen molar-refractivity contribution in [2.75, 3.05) is 5.32 Å². The van der Waals surface area contributed by atoms with Crippen LogP contribution >= 0.6 is 11.8 Å². The third-order valence-electron chi connectivity index (χ3n) is 5.29. The molecule has 2 aliphatic rings. The summed E-state index contributed by atoms with van der Waals surface area (Å²) >= 11 is 1.80. The van der Waals surface area contributed by atoms with E-state index in [0.717, 1.165) is 23.4 Å². The minimum absolute atomic E-state index is 0.127. The number of carbonyl (C=O) groups excluding carboxylic acids is 1. The van der Waals surface area contributed by atoms with Crippen molar-refractivity contribution < 1.29 is 4.79 Å². The van der Waals surface area contributed by atoms with Crippen LogP contribution in [0.2, 0.25) is 0 Å². The van der Waals surface area contributed by atoms with Gasteiger partial charge in [-0.2, -0.15) is 0 Å². The lowest BCUT2D eigenvalue weighted by Crippen LogP contribution is -2.48. The molecule has 0 spiro atoms. The van der Waals surface area contributed by atoms with Crippen LogP contribution in [0.15, 0.2) is 29.2 Å². The molecule has 0 heterocycles. The number of hydrogen-bond acceptors (Lipinski definition) is 3. The molecule has 1 amide bonds. The van der Waals surface area contributed by atoms with E-state index in [1.54, 1.807) is 11.8 Å². The monoisotopic (exact) mass is 332 g/mol. The first-order valence-corrected chi connectivity index (χ1v) is 9.74. The predicted octanol–water partition coefficient (Wildman–Crippen LogP) is 4.28. The van der Waals surface area contributed by atoms with Crippen LogP contribution in [0.5, 0.6) is 0 Å². The molecule has 2 atom stereocenters. The maximum Gasteiger partial charge on any atom is 0.227 e. The van der Waals surface area contributed by atoms with Gasteiger partial charge in [0.15, 0.2) is 0 Å². The molecule has 23 heavy (non-hydrogen) atoms. The Kier molecular flexibility index (Phi) is 5.32. The molecule has 0 saturated heterocycles. The first-order chi connectivity index (χ1) is 11.0. The highest BCUT2D eigenvalue weighted by molar-refractivity contribution is 8.00.